The van der Waals surface area contributed by atoms with Crippen molar-refractivity contribution in [2.24, 2.45) is 0 Å². The van der Waals surface area contributed by atoms with Crippen molar-refractivity contribution in [1.29, 1.82) is 0 Å². The van der Waals surface area contributed by atoms with Crippen LogP contribution in [0.3, 0.4) is 0 Å². The first-order chi connectivity index (χ1) is 9.11. The minimum absolute atomic E-state index is 0.148. The topological polar surface area (TPSA) is 58.6 Å². The smallest absolute Gasteiger partial charge is 0.325 e. The van der Waals surface area contributed by atoms with Crippen LogP contribution < -0.4 is 5.32 Å². The predicted octanol–water partition coefficient (Wildman–Crippen LogP) is 2.00. The summed E-state index contributed by atoms with van der Waals surface area (Å²) in [5, 5.41) is 2.83. The zero-order chi connectivity index (χ0) is 13.5. The Morgan fingerprint density at radius 1 is 1.37 bits per heavy atom. The standard InChI is InChI=1S/C12H13ClN2O3S/c13-9-2-1-8(19-9)7-15-10(16)12(14-11(15)17)3-5-18-6-4-12/h1-2H,3-7H2,(H,14,17). The molecule has 5 nitrogen and oxygen atoms in total. The van der Waals surface area contributed by atoms with Crippen LogP contribution in [0.15, 0.2) is 12.1 Å². The number of hydrogen-bond donors (Lipinski definition) is 1. The van der Waals surface area contributed by atoms with Gasteiger partial charge in [0.05, 0.1) is 10.9 Å². The molecule has 19 heavy (non-hydrogen) atoms. The number of thiophene rings is 1. The number of ether oxygens (including phenoxy) is 1. The molecule has 2 saturated heterocycles. The van der Waals surface area contributed by atoms with Crippen LogP contribution in [-0.2, 0) is 16.1 Å². The van der Waals surface area contributed by atoms with Gasteiger partial charge in [0.25, 0.3) is 5.91 Å². The first kappa shape index (κ1) is 12.9. The zero-order valence-electron chi connectivity index (χ0n) is 10.1. The number of amides is 3. The Hall–Kier alpha value is -1.11. The SMILES string of the molecule is O=C1NC2(CCOCC2)C(=O)N1Cc1ccc(Cl)s1. The normalized spacial score (nSPS) is 22.1. The molecule has 1 N–H and O–H groups in total. The van der Waals surface area contributed by atoms with Gasteiger partial charge in [-0.25, -0.2) is 4.79 Å². The molecule has 7 heteroatoms. The molecule has 1 aromatic rings. The van der Waals surface area contributed by atoms with Gasteiger partial charge >= 0.3 is 6.03 Å². The maximum absolute atomic E-state index is 12.5. The van der Waals surface area contributed by atoms with Crippen molar-refractivity contribution >= 4 is 34.9 Å². The number of rotatable bonds is 2. The van der Waals surface area contributed by atoms with Crippen LogP contribution in [0.25, 0.3) is 0 Å². The number of carbonyl (C=O) groups excluding carboxylic acids is 2. The summed E-state index contributed by atoms with van der Waals surface area (Å²) < 4.78 is 5.91. The zero-order valence-corrected chi connectivity index (χ0v) is 11.7. The van der Waals surface area contributed by atoms with Crippen molar-refractivity contribution in [2.75, 3.05) is 13.2 Å². The summed E-state index contributed by atoms with van der Waals surface area (Å²) in [6, 6.07) is 3.28. The molecule has 1 aromatic heterocycles. The van der Waals surface area contributed by atoms with Crippen molar-refractivity contribution < 1.29 is 14.3 Å². The highest BCUT2D eigenvalue weighted by atomic mass is 35.5. The number of urea groups is 1. The fourth-order valence-electron chi connectivity index (χ4n) is 2.47. The number of nitrogens with zero attached hydrogens (tertiary/aromatic N) is 1. The fourth-order valence-corrected chi connectivity index (χ4v) is 3.55. The molecule has 2 aliphatic heterocycles. The van der Waals surface area contributed by atoms with E-state index >= 15 is 0 Å². The summed E-state index contributed by atoms with van der Waals surface area (Å²) >= 11 is 7.24. The second-order valence-corrected chi connectivity index (χ2v) is 6.52. The quantitative estimate of drug-likeness (QED) is 0.850. The summed E-state index contributed by atoms with van der Waals surface area (Å²) in [6.07, 6.45) is 1.08. The van der Waals surface area contributed by atoms with Gasteiger partial charge < -0.3 is 10.1 Å². The van der Waals surface area contributed by atoms with Crippen molar-refractivity contribution in [1.82, 2.24) is 10.2 Å². The van der Waals surface area contributed by atoms with Gasteiger partial charge in [-0.15, -0.1) is 11.3 Å². The number of hydrogen-bond acceptors (Lipinski definition) is 4. The molecule has 0 aliphatic carbocycles. The summed E-state index contributed by atoms with van der Waals surface area (Å²) in [4.78, 5) is 26.6. The maximum atomic E-state index is 12.5. The Kier molecular flexibility index (Phi) is 3.24. The van der Waals surface area contributed by atoms with Crippen molar-refractivity contribution in [3.8, 4) is 0 Å². The van der Waals surface area contributed by atoms with Crippen molar-refractivity contribution in [2.45, 2.75) is 24.9 Å². The molecule has 3 amide bonds. The lowest BCUT2D eigenvalue weighted by atomic mass is 9.90. The number of imide groups is 1. The molecular weight excluding hydrogens is 288 g/mol. The molecule has 3 heterocycles. The van der Waals surface area contributed by atoms with E-state index in [4.69, 9.17) is 16.3 Å². The van der Waals surface area contributed by atoms with Gasteiger partial charge in [-0.05, 0) is 12.1 Å². The number of halogens is 1. The summed E-state index contributed by atoms with van der Waals surface area (Å²) in [5.74, 6) is -0.148. The van der Waals surface area contributed by atoms with Crippen LogP contribution in [0.5, 0.6) is 0 Å². The van der Waals surface area contributed by atoms with E-state index in [0.29, 0.717) is 30.4 Å². The number of nitrogens with one attached hydrogen (secondary N) is 1. The minimum atomic E-state index is -0.754. The Balaban J connectivity index is 1.79. The lowest BCUT2D eigenvalue weighted by Gasteiger charge is -2.30. The second-order valence-electron chi connectivity index (χ2n) is 4.72. The average Bonchev–Trinajstić information content (AvgIpc) is 2.89. The van der Waals surface area contributed by atoms with E-state index in [1.807, 2.05) is 6.07 Å². The second kappa shape index (κ2) is 4.77. The molecule has 0 saturated carbocycles. The maximum Gasteiger partial charge on any atom is 0.325 e. The molecule has 0 bridgehead atoms. The van der Waals surface area contributed by atoms with Gasteiger partial charge in [-0.3, -0.25) is 9.69 Å². The minimum Gasteiger partial charge on any atom is -0.381 e. The van der Waals surface area contributed by atoms with Crippen molar-refractivity contribution in [3.05, 3.63) is 21.3 Å². The highest BCUT2D eigenvalue weighted by molar-refractivity contribution is 7.16. The molecule has 2 fully saturated rings. The van der Waals surface area contributed by atoms with E-state index in [1.54, 1.807) is 6.07 Å². The first-order valence-corrected chi connectivity index (χ1v) is 7.26. The molecule has 0 aromatic carbocycles. The van der Waals surface area contributed by atoms with Crippen LogP contribution in [0, 0.1) is 0 Å². The van der Waals surface area contributed by atoms with Gasteiger partial charge in [-0.2, -0.15) is 0 Å². The highest BCUT2D eigenvalue weighted by Crippen LogP contribution is 2.31. The molecule has 0 atom stereocenters. The lowest BCUT2D eigenvalue weighted by molar-refractivity contribution is -0.134. The van der Waals surface area contributed by atoms with E-state index in [-0.39, 0.29) is 18.5 Å². The van der Waals surface area contributed by atoms with E-state index in [1.165, 1.54) is 16.2 Å². The summed E-state index contributed by atoms with van der Waals surface area (Å²) in [6.45, 7) is 1.29. The lowest BCUT2D eigenvalue weighted by Crippen LogP contribution is -2.50. The average molecular weight is 301 g/mol. The predicted molar refractivity (Wildman–Crippen MR) is 71.2 cm³/mol. The van der Waals surface area contributed by atoms with Crippen LogP contribution >= 0.6 is 22.9 Å². The van der Waals surface area contributed by atoms with Crippen LogP contribution in [0.4, 0.5) is 4.79 Å². The van der Waals surface area contributed by atoms with Gasteiger partial charge in [0, 0.05) is 30.9 Å². The Bertz CT molecular complexity index is 525. The van der Waals surface area contributed by atoms with Crippen LogP contribution in [0.2, 0.25) is 4.34 Å². The molecule has 0 unspecified atom stereocenters. The van der Waals surface area contributed by atoms with Crippen molar-refractivity contribution in [3.63, 3.8) is 0 Å². The molecule has 1 spiro atoms. The van der Waals surface area contributed by atoms with Gasteiger partial charge in [0.2, 0.25) is 0 Å². The van der Waals surface area contributed by atoms with Gasteiger partial charge in [-0.1, -0.05) is 11.6 Å². The van der Waals surface area contributed by atoms with Crippen LogP contribution in [0.1, 0.15) is 17.7 Å². The number of carbonyl (C=O) groups is 2. The Labute approximate surface area is 119 Å². The fraction of sp³-hybridized carbons (Fsp3) is 0.500. The third-order valence-electron chi connectivity index (χ3n) is 3.54. The third kappa shape index (κ3) is 2.24. The Morgan fingerprint density at radius 2 is 2.11 bits per heavy atom. The summed E-state index contributed by atoms with van der Waals surface area (Å²) in [5.41, 5.74) is -0.754. The molecule has 102 valence electrons. The van der Waals surface area contributed by atoms with Gasteiger partial charge in [0.15, 0.2) is 0 Å². The van der Waals surface area contributed by atoms with Crippen LogP contribution in [-0.4, -0.2) is 35.6 Å². The molecule has 2 aliphatic rings. The van der Waals surface area contributed by atoms with E-state index < -0.39 is 5.54 Å². The first-order valence-electron chi connectivity index (χ1n) is 6.07. The third-order valence-corrected chi connectivity index (χ3v) is 4.75. The molecular formula is C12H13ClN2O3S. The van der Waals surface area contributed by atoms with E-state index in [0.717, 1.165) is 4.88 Å². The van der Waals surface area contributed by atoms with E-state index in [9.17, 15) is 9.59 Å². The molecule has 0 radical (unpaired) electrons. The van der Waals surface area contributed by atoms with Gasteiger partial charge in [0.1, 0.15) is 5.54 Å². The summed E-state index contributed by atoms with van der Waals surface area (Å²) in [7, 11) is 0. The highest BCUT2D eigenvalue weighted by Gasteiger charge is 2.51. The van der Waals surface area contributed by atoms with E-state index in [2.05, 4.69) is 5.32 Å². The Morgan fingerprint density at radius 3 is 2.74 bits per heavy atom. The monoisotopic (exact) mass is 300 g/mol. The largest absolute Gasteiger partial charge is 0.381 e. The molecule has 3 rings (SSSR count).